The third-order valence-electron chi connectivity index (χ3n) is 6.03. The number of halogens is 1. The first kappa shape index (κ1) is 25.5. The molecule has 3 aromatic rings. The predicted octanol–water partition coefficient (Wildman–Crippen LogP) is 7.10. The monoisotopic (exact) mass is 530 g/mol. The number of imidazole rings is 1. The number of hydrogen-bond acceptors (Lipinski definition) is 4. The van der Waals surface area contributed by atoms with E-state index in [9.17, 15) is 14.7 Å². The number of rotatable bonds is 9. The summed E-state index contributed by atoms with van der Waals surface area (Å²) in [7, 11) is 0. The lowest BCUT2D eigenvalue weighted by atomic mass is 9.88. The van der Waals surface area contributed by atoms with E-state index in [4.69, 9.17) is 0 Å². The Bertz CT molecular complexity index is 1180. The molecule has 1 N–H and O–H groups in total. The van der Waals surface area contributed by atoms with Crippen LogP contribution in [-0.4, -0.2) is 31.2 Å². The van der Waals surface area contributed by atoms with Gasteiger partial charge in [-0.05, 0) is 58.6 Å². The summed E-state index contributed by atoms with van der Waals surface area (Å²) in [6.45, 7) is 11.7. The maximum absolute atomic E-state index is 13.1. The van der Waals surface area contributed by atoms with Gasteiger partial charge in [0.1, 0.15) is 10.4 Å². The molecule has 176 valence electrons. The van der Waals surface area contributed by atoms with Crippen molar-refractivity contribution in [3.8, 4) is 5.69 Å². The summed E-state index contributed by atoms with van der Waals surface area (Å²) < 4.78 is 1.98. The molecule has 0 aliphatic heterocycles. The minimum Gasteiger partial charge on any atom is -0.481 e. The fourth-order valence-corrected chi connectivity index (χ4v) is 5.57. The molecule has 0 fully saturated rings. The van der Waals surface area contributed by atoms with Gasteiger partial charge in [-0.3, -0.25) is 14.2 Å². The second kappa shape index (κ2) is 10.0. The summed E-state index contributed by atoms with van der Waals surface area (Å²) in [5.41, 5.74) is 2.26. The topological polar surface area (TPSA) is 72.2 Å². The highest BCUT2D eigenvalue weighted by molar-refractivity contribution is 9.10. The second-order valence-corrected chi connectivity index (χ2v) is 11.9. The molecule has 0 aliphatic rings. The summed E-state index contributed by atoms with van der Waals surface area (Å²) in [5, 5.41) is 12.5. The summed E-state index contributed by atoms with van der Waals surface area (Å²) in [5.74, 6) is -1.45. The Labute approximate surface area is 208 Å². The number of hydrogen-bond donors (Lipinski definition) is 1. The highest BCUT2D eigenvalue weighted by Crippen LogP contribution is 2.39. The Hall–Kier alpha value is -2.12. The fourth-order valence-electron chi connectivity index (χ4n) is 3.95. The first-order valence-electron chi connectivity index (χ1n) is 11.1. The lowest BCUT2D eigenvalue weighted by Gasteiger charge is -2.25. The van der Waals surface area contributed by atoms with Crippen LogP contribution in [0.5, 0.6) is 0 Å². The quantitative estimate of drug-likeness (QED) is 0.298. The molecule has 0 amide bonds. The number of carboxylic acids is 1. The van der Waals surface area contributed by atoms with Gasteiger partial charge in [-0.25, -0.2) is 4.98 Å². The van der Waals surface area contributed by atoms with Crippen LogP contribution < -0.4 is 0 Å². The van der Waals surface area contributed by atoms with Gasteiger partial charge in [-0.2, -0.15) is 0 Å². The molecular formula is C26H31BrN2O3S. The molecule has 33 heavy (non-hydrogen) atoms. The Morgan fingerprint density at radius 3 is 2.30 bits per heavy atom. The van der Waals surface area contributed by atoms with E-state index in [1.165, 1.54) is 22.7 Å². The van der Waals surface area contributed by atoms with Gasteiger partial charge in [-0.15, -0.1) is 0 Å². The molecular weight excluding hydrogens is 500 g/mol. The van der Waals surface area contributed by atoms with Crippen molar-refractivity contribution in [3.05, 3.63) is 52.8 Å². The molecule has 0 radical (unpaired) electrons. The predicted molar refractivity (Wildman–Crippen MR) is 138 cm³/mol. The lowest BCUT2D eigenvalue weighted by molar-refractivity contribution is -0.145. The van der Waals surface area contributed by atoms with E-state index in [1.54, 1.807) is 6.20 Å². The summed E-state index contributed by atoms with van der Waals surface area (Å²) in [4.78, 5) is 29.3. The van der Waals surface area contributed by atoms with Crippen LogP contribution >= 0.6 is 27.7 Å². The van der Waals surface area contributed by atoms with Crippen molar-refractivity contribution in [2.75, 3.05) is 0 Å². The molecule has 1 unspecified atom stereocenters. The number of fused-ring (bicyclic) bond motifs is 1. The lowest BCUT2D eigenvalue weighted by Crippen LogP contribution is -2.33. The SMILES string of the molecule is CC(C)c1ccc(-n2c(Br)cnc2SC(C)(C)C(=O)CC(C(=O)O)C(C)C)c2ccccc12. The number of carbonyl (C=O) groups is 2. The van der Waals surface area contributed by atoms with Crippen LogP contribution in [0.25, 0.3) is 16.5 Å². The van der Waals surface area contributed by atoms with Gasteiger partial charge in [0.05, 0.1) is 22.5 Å². The van der Waals surface area contributed by atoms with Crippen molar-refractivity contribution in [2.24, 2.45) is 11.8 Å². The molecule has 0 bridgehead atoms. The Balaban J connectivity index is 2.01. The molecule has 3 rings (SSSR count). The number of aliphatic carboxylic acids is 1. The van der Waals surface area contributed by atoms with Crippen molar-refractivity contribution in [1.82, 2.24) is 9.55 Å². The Morgan fingerprint density at radius 2 is 1.73 bits per heavy atom. The average Bonchev–Trinajstić information content (AvgIpc) is 3.09. The molecule has 7 heteroatoms. The van der Waals surface area contributed by atoms with E-state index in [-0.39, 0.29) is 18.1 Å². The Kier molecular flexibility index (Phi) is 7.74. The van der Waals surface area contributed by atoms with Gasteiger partial charge < -0.3 is 5.11 Å². The molecule has 0 saturated carbocycles. The summed E-state index contributed by atoms with van der Waals surface area (Å²) in [6, 6.07) is 12.6. The minimum absolute atomic E-state index is 0.000887. The molecule has 2 aromatic carbocycles. The van der Waals surface area contributed by atoms with E-state index < -0.39 is 16.6 Å². The van der Waals surface area contributed by atoms with E-state index in [0.717, 1.165) is 15.7 Å². The molecule has 0 aliphatic carbocycles. The minimum atomic E-state index is -0.930. The largest absolute Gasteiger partial charge is 0.481 e. The molecule has 0 spiro atoms. The highest BCUT2D eigenvalue weighted by Gasteiger charge is 2.35. The van der Waals surface area contributed by atoms with E-state index in [0.29, 0.717) is 11.1 Å². The number of thioether (sulfide) groups is 1. The number of aromatic nitrogens is 2. The number of carbonyl (C=O) groups excluding carboxylic acids is 1. The van der Waals surface area contributed by atoms with Crippen LogP contribution in [0.1, 0.15) is 59.4 Å². The second-order valence-electron chi connectivity index (χ2n) is 9.50. The van der Waals surface area contributed by atoms with Gasteiger partial charge in [0.2, 0.25) is 0 Å². The number of Topliss-reactive ketones (excluding diaryl/α,β-unsaturated/α-hetero) is 1. The maximum Gasteiger partial charge on any atom is 0.307 e. The van der Waals surface area contributed by atoms with E-state index in [2.05, 4.69) is 59.0 Å². The van der Waals surface area contributed by atoms with Gasteiger partial charge in [-0.1, -0.05) is 69.8 Å². The average molecular weight is 532 g/mol. The van der Waals surface area contributed by atoms with Gasteiger partial charge in [0.25, 0.3) is 0 Å². The molecule has 1 aromatic heterocycles. The van der Waals surface area contributed by atoms with E-state index in [1.807, 2.05) is 44.4 Å². The smallest absolute Gasteiger partial charge is 0.307 e. The summed E-state index contributed by atoms with van der Waals surface area (Å²) in [6.07, 6.45) is 1.74. The number of ketones is 1. The van der Waals surface area contributed by atoms with Crippen molar-refractivity contribution < 1.29 is 14.7 Å². The molecule has 0 saturated heterocycles. The number of nitrogens with zero attached hydrogens (tertiary/aromatic N) is 2. The van der Waals surface area contributed by atoms with Crippen LogP contribution in [0.4, 0.5) is 0 Å². The van der Waals surface area contributed by atoms with Gasteiger partial charge >= 0.3 is 5.97 Å². The molecule has 5 nitrogen and oxygen atoms in total. The third kappa shape index (κ3) is 5.35. The first-order chi connectivity index (χ1) is 15.4. The normalized spacial score (nSPS) is 13.1. The standard InChI is InChI=1S/C26H31BrN2O3S/c1-15(2)17-11-12-21(19-10-8-7-9-18(17)19)29-23(27)14-28-25(29)33-26(5,6)22(30)13-20(16(3)4)24(31)32/h7-12,14-16,20H,13H2,1-6H3,(H,31,32). The van der Waals surface area contributed by atoms with Crippen LogP contribution in [0.2, 0.25) is 0 Å². The zero-order valence-corrected chi connectivity index (χ0v) is 22.3. The van der Waals surface area contributed by atoms with Crippen molar-refractivity contribution in [1.29, 1.82) is 0 Å². The summed E-state index contributed by atoms with van der Waals surface area (Å²) >= 11 is 4.99. The van der Waals surface area contributed by atoms with E-state index >= 15 is 0 Å². The molecule has 1 atom stereocenters. The van der Waals surface area contributed by atoms with Gasteiger partial charge in [0.15, 0.2) is 5.16 Å². The zero-order chi connectivity index (χ0) is 24.5. The van der Waals surface area contributed by atoms with Crippen molar-refractivity contribution in [2.45, 2.75) is 63.8 Å². The highest BCUT2D eigenvalue weighted by atomic mass is 79.9. The third-order valence-corrected chi connectivity index (χ3v) is 7.80. The number of carboxylic acid groups (broad SMARTS) is 1. The van der Waals surface area contributed by atoms with Crippen molar-refractivity contribution in [3.63, 3.8) is 0 Å². The maximum atomic E-state index is 13.1. The van der Waals surface area contributed by atoms with Crippen LogP contribution in [0.3, 0.4) is 0 Å². The van der Waals surface area contributed by atoms with Gasteiger partial charge in [0, 0.05) is 11.8 Å². The Morgan fingerprint density at radius 1 is 1.09 bits per heavy atom. The zero-order valence-electron chi connectivity index (χ0n) is 19.9. The fraction of sp³-hybridized carbons (Fsp3) is 0.423. The first-order valence-corrected chi connectivity index (χ1v) is 12.7. The van der Waals surface area contributed by atoms with Crippen LogP contribution in [-0.2, 0) is 9.59 Å². The number of benzene rings is 2. The van der Waals surface area contributed by atoms with Crippen molar-refractivity contribution >= 4 is 50.2 Å². The van der Waals surface area contributed by atoms with Crippen LogP contribution in [0.15, 0.2) is 52.4 Å². The van der Waals surface area contributed by atoms with Crippen LogP contribution in [0, 0.1) is 11.8 Å². The molecule has 1 heterocycles.